The van der Waals surface area contributed by atoms with E-state index in [2.05, 4.69) is 17.2 Å². The van der Waals surface area contributed by atoms with E-state index in [9.17, 15) is 4.39 Å². The van der Waals surface area contributed by atoms with Gasteiger partial charge in [0.15, 0.2) is 0 Å². The Hall–Kier alpha value is -2.10. The van der Waals surface area contributed by atoms with E-state index in [-0.39, 0.29) is 5.82 Å². The average molecular weight is 259 g/mol. The number of nitrogens with one attached hydrogen (secondary N) is 1. The summed E-state index contributed by atoms with van der Waals surface area (Å²) in [7, 11) is 1.92. The highest BCUT2D eigenvalue weighted by Gasteiger charge is 2.06. The molecule has 0 spiro atoms. The lowest BCUT2D eigenvalue weighted by Gasteiger charge is -2.19. The highest BCUT2D eigenvalue weighted by atomic mass is 19.1. The van der Waals surface area contributed by atoms with Gasteiger partial charge in [0.1, 0.15) is 17.5 Å². The Balaban J connectivity index is 2.18. The molecule has 0 saturated carbocycles. The number of nitrogens with zero attached hydrogens (tertiary/aromatic N) is 2. The molecule has 0 atom stereocenters. The Morgan fingerprint density at radius 3 is 2.58 bits per heavy atom. The van der Waals surface area contributed by atoms with E-state index in [4.69, 9.17) is 0 Å². The van der Waals surface area contributed by atoms with Crippen molar-refractivity contribution < 1.29 is 4.39 Å². The largest absolute Gasteiger partial charge is 0.370 e. The van der Waals surface area contributed by atoms with Crippen LogP contribution in [0.5, 0.6) is 0 Å². The van der Waals surface area contributed by atoms with Crippen molar-refractivity contribution in [2.24, 2.45) is 0 Å². The SMILES string of the molecule is CCCNc1cccc(N(C)c2ccc(F)cc2)n1. The fourth-order valence-electron chi connectivity index (χ4n) is 1.76. The molecule has 0 aliphatic heterocycles. The Morgan fingerprint density at radius 2 is 1.89 bits per heavy atom. The quantitative estimate of drug-likeness (QED) is 0.885. The molecule has 4 heteroatoms. The molecule has 3 nitrogen and oxygen atoms in total. The van der Waals surface area contributed by atoms with Gasteiger partial charge < -0.3 is 10.2 Å². The van der Waals surface area contributed by atoms with Crippen LogP contribution in [0.1, 0.15) is 13.3 Å². The third kappa shape index (κ3) is 3.44. The molecular formula is C15H18FN3. The zero-order valence-electron chi connectivity index (χ0n) is 11.2. The summed E-state index contributed by atoms with van der Waals surface area (Å²) in [4.78, 5) is 6.46. The molecule has 0 saturated heterocycles. The van der Waals surface area contributed by atoms with E-state index in [1.54, 1.807) is 12.1 Å². The number of halogens is 1. The Bertz CT molecular complexity index is 525. The minimum absolute atomic E-state index is 0.233. The van der Waals surface area contributed by atoms with Crippen LogP contribution in [-0.4, -0.2) is 18.6 Å². The third-order valence-electron chi connectivity index (χ3n) is 2.85. The Morgan fingerprint density at radius 1 is 1.16 bits per heavy atom. The van der Waals surface area contributed by atoms with Gasteiger partial charge in [-0.15, -0.1) is 0 Å². The molecule has 19 heavy (non-hydrogen) atoms. The van der Waals surface area contributed by atoms with Crippen molar-refractivity contribution in [3.63, 3.8) is 0 Å². The zero-order valence-corrected chi connectivity index (χ0v) is 11.2. The van der Waals surface area contributed by atoms with Crippen LogP contribution in [0.2, 0.25) is 0 Å². The van der Waals surface area contributed by atoms with E-state index in [0.29, 0.717) is 0 Å². The summed E-state index contributed by atoms with van der Waals surface area (Å²) in [6.07, 6.45) is 1.06. The smallest absolute Gasteiger partial charge is 0.135 e. The second-order valence-corrected chi connectivity index (χ2v) is 4.34. The molecule has 0 aliphatic rings. The lowest BCUT2D eigenvalue weighted by atomic mass is 10.3. The maximum Gasteiger partial charge on any atom is 0.135 e. The lowest BCUT2D eigenvalue weighted by molar-refractivity contribution is 0.628. The monoisotopic (exact) mass is 259 g/mol. The fraction of sp³-hybridized carbons (Fsp3) is 0.267. The molecule has 0 bridgehead atoms. The number of benzene rings is 1. The number of pyridine rings is 1. The van der Waals surface area contributed by atoms with E-state index >= 15 is 0 Å². The highest BCUT2D eigenvalue weighted by molar-refractivity contribution is 5.60. The summed E-state index contributed by atoms with van der Waals surface area (Å²) in [5.74, 6) is 1.45. The van der Waals surface area contributed by atoms with Crippen LogP contribution in [0.25, 0.3) is 0 Å². The third-order valence-corrected chi connectivity index (χ3v) is 2.85. The molecule has 2 aromatic rings. The van der Waals surface area contributed by atoms with Crippen molar-refractivity contribution >= 4 is 17.3 Å². The number of hydrogen-bond acceptors (Lipinski definition) is 3. The first-order chi connectivity index (χ1) is 9.20. The first-order valence-corrected chi connectivity index (χ1v) is 6.41. The van der Waals surface area contributed by atoms with Crippen molar-refractivity contribution in [1.29, 1.82) is 0 Å². The van der Waals surface area contributed by atoms with Crippen molar-refractivity contribution in [3.8, 4) is 0 Å². The minimum Gasteiger partial charge on any atom is -0.370 e. The van der Waals surface area contributed by atoms with Gasteiger partial charge >= 0.3 is 0 Å². The minimum atomic E-state index is -0.233. The van der Waals surface area contributed by atoms with E-state index in [1.807, 2.05) is 30.1 Å². The van der Waals surface area contributed by atoms with E-state index in [0.717, 1.165) is 30.3 Å². The predicted octanol–water partition coefficient (Wildman–Crippen LogP) is 3.81. The van der Waals surface area contributed by atoms with Gasteiger partial charge in [0.2, 0.25) is 0 Å². The van der Waals surface area contributed by atoms with Gasteiger partial charge in [-0.2, -0.15) is 0 Å². The van der Waals surface area contributed by atoms with Gasteiger partial charge in [0, 0.05) is 19.3 Å². The second kappa shape index (κ2) is 6.18. The fourth-order valence-corrected chi connectivity index (χ4v) is 1.76. The molecule has 1 aromatic heterocycles. The van der Waals surface area contributed by atoms with E-state index < -0.39 is 0 Å². The highest BCUT2D eigenvalue weighted by Crippen LogP contribution is 2.22. The molecular weight excluding hydrogens is 241 g/mol. The van der Waals surface area contributed by atoms with Crippen LogP contribution in [0.3, 0.4) is 0 Å². The Kier molecular flexibility index (Phi) is 4.34. The summed E-state index contributed by atoms with van der Waals surface area (Å²) in [6.45, 7) is 3.01. The molecule has 0 aliphatic carbocycles. The summed E-state index contributed by atoms with van der Waals surface area (Å²) >= 11 is 0. The molecule has 1 aromatic carbocycles. The average Bonchev–Trinajstić information content (AvgIpc) is 2.45. The summed E-state index contributed by atoms with van der Waals surface area (Å²) in [6, 6.07) is 12.2. The first-order valence-electron chi connectivity index (χ1n) is 6.41. The van der Waals surface area contributed by atoms with Crippen LogP contribution in [-0.2, 0) is 0 Å². The maximum absolute atomic E-state index is 12.9. The van der Waals surface area contributed by atoms with E-state index in [1.165, 1.54) is 12.1 Å². The molecule has 100 valence electrons. The molecule has 0 radical (unpaired) electrons. The van der Waals surface area contributed by atoms with Gasteiger partial charge in [0.25, 0.3) is 0 Å². The van der Waals surface area contributed by atoms with Crippen LogP contribution in [0.4, 0.5) is 21.7 Å². The van der Waals surface area contributed by atoms with Crippen molar-refractivity contribution in [2.75, 3.05) is 23.8 Å². The van der Waals surface area contributed by atoms with Crippen molar-refractivity contribution in [2.45, 2.75) is 13.3 Å². The van der Waals surface area contributed by atoms with Gasteiger partial charge in [-0.25, -0.2) is 9.37 Å². The van der Waals surface area contributed by atoms with Crippen LogP contribution in [0, 0.1) is 5.82 Å². The molecule has 0 fully saturated rings. The van der Waals surface area contributed by atoms with Gasteiger partial charge in [-0.3, -0.25) is 0 Å². The standard InChI is InChI=1S/C15H18FN3/c1-3-11-17-14-5-4-6-15(18-14)19(2)13-9-7-12(16)8-10-13/h4-10H,3,11H2,1-2H3,(H,17,18). The topological polar surface area (TPSA) is 28.2 Å². The number of rotatable bonds is 5. The number of hydrogen-bond donors (Lipinski definition) is 1. The summed E-state index contributed by atoms with van der Waals surface area (Å²) < 4.78 is 12.9. The molecule has 0 unspecified atom stereocenters. The number of aromatic nitrogens is 1. The lowest BCUT2D eigenvalue weighted by Crippen LogP contribution is -2.12. The Labute approximate surface area is 113 Å². The molecule has 2 rings (SSSR count). The van der Waals surface area contributed by atoms with Gasteiger partial charge in [0.05, 0.1) is 0 Å². The van der Waals surface area contributed by atoms with Crippen molar-refractivity contribution in [1.82, 2.24) is 4.98 Å². The molecule has 0 amide bonds. The van der Waals surface area contributed by atoms with Crippen LogP contribution < -0.4 is 10.2 Å². The summed E-state index contributed by atoms with van der Waals surface area (Å²) in [5, 5.41) is 3.25. The number of anilines is 3. The van der Waals surface area contributed by atoms with Gasteiger partial charge in [-0.05, 0) is 42.8 Å². The molecule has 1 heterocycles. The summed E-state index contributed by atoms with van der Waals surface area (Å²) in [5.41, 5.74) is 0.904. The maximum atomic E-state index is 12.9. The first kappa shape index (κ1) is 13.3. The normalized spacial score (nSPS) is 10.3. The predicted molar refractivity (Wildman–Crippen MR) is 77.5 cm³/mol. The second-order valence-electron chi connectivity index (χ2n) is 4.34. The van der Waals surface area contributed by atoms with Crippen LogP contribution in [0.15, 0.2) is 42.5 Å². The van der Waals surface area contributed by atoms with Crippen molar-refractivity contribution in [3.05, 3.63) is 48.3 Å². The zero-order chi connectivity index (χ0) is 13.7. The van der Waals surface area contributed by atoms with Crippen LogP contribution >= 0.6 is 0 Å². The molecule has 1 N–H and O–H groups in total. The van der Waals surface area contributed by atoms with Gasteiger partial charge in [-0.1, -0.05) is 13.0 Å².